The largest absolute Gasteiger partial charge is 0.497 e. The minimum atomic E-state index is -0.480. The Bertz CT molecular complexity index is 509. The van der Waals surface area contributed by atoms with E-state index in [-0.39, 0.29) is 18.8 Å². The van der Waals surface area contributed by atoms with Gasteiger partial charge in [0.15, 0.2) is 12.4 Å². The molecule has 1 rings (SSSR count). The number of carbonyl (C=O) groups excluding carboxylic acids is 2. The molecule has 0 spiro atoms. The van der Waals surface area contributed by atoms with Crippen LogP contribution in [0.15, 0.2) is 24.3 Å². The number of hydrogen-bond donors (Lipinski definition) is 1. The number of Topliss-reactive ketones (excluding diaryl/α,β-unsaturated/α-hetero) is 1. The van der Waals surface area contributed by atoms with Gasteiger partial charge in [-0.05, 0) is 37.1 Å². The first-order chi connectivity index (χ1) is 12.1. The maximum atomic E-state index is 11.9. The van der Waals surface area contributed by atoms with E-state index in [1.54, 1.807) is 31.4 Å². The Kier molecular flexibility index (Phi) is 10.6. The number of benzene rings is 1. The summed E-state index contributed by atoms with van der Waals surface area (Å²) in [5, 5.41) is 9.87. The predicted molar refractivity (Wildman–Crippen MR) is 96.9 cm³/mol. The molecular weight excluding hydrogens is 320 g/mol. The third-order valence-corrected chi connectivity index (χ3v) is 4.10. The predicted octanol–water partition coefficient (Wildman–Crippen LogP) is 3.92. The van der Waals surface area contributed by atoms with Gasteiger partial charge in [-0.1, -0.05) is 39.0 Å². The van der Waals surface area contributed by atoms with E-state index < -0.39 is 12.1 Å². The number of carbonyl (C=O) groups is 2. The van der Waals surface area contributed by atoms with Gasteiger partial charge in [-0.25, -0.2) is 0 Å². The third kappa shape index (κ3) is 9.25. The zero-order valence-corrected chi connectivity index (χ0v) is 15.3. The van der Waals surface area contributed by atoms with Gasteiger partial charge >= 0.3 is 5.97 Å². The molecule has 0 bridgehead atoms. The number of unbranched alkanes of at least 4 members (excludes halogenated alkanes) is 4. The molecule has 1 aromatic rings. The molecule has 0 saturated heterocycles. The van der Waals surface area contributed by atoms with Crippen LogP contribution in [0, 0.1) is 0 Å². The number of methoxy groups -OCH3 is 1. The van der Waals surface area contributed by atoms with Crippen LogP contribution in [-0.2, 0) is 9.53 Å². The molecule has 1 unspecified atom stereocenters. The molecule has 0 fully saturated rings. The van der Waals surface area contributed by atoms with E-state index >= 15 is 0 Å². The van der Waals surface area contributed by atoms with E-state index in [2.05, 4.69) is 6.92 Å². The van der Waals surface area contributed by atoms with Gasteiger partial charge in [0.25, 0.3) is 0 Å². The molecule has 0 aromatic heterocycles. The monoisotopic (exact) mass is 350 g/mol. The average Bonchev–Trinajstić information content (AvgIpc) is 2.64. The Labute approximate surface area is 150 Å². The second-order valence-corrected chi connectivity index (χ2v) is 6.21. The second-order valence-electron chi connectivity index (χ2n) is 6.21. The van der Waals surface area contributed by atoms with Gasteiger partial charge in [0, 0.05) is 12.0 Å². The maximum Gasteiger partial charge on any atom is 0.306 e. The molecule has 1 N–H and O–H groups in total. The van der Waals surface area contributed by atoms with E-state index in [0.717, 1.165) is 12.8 Å². The molecule has 5 heteroatoms. The van der Waals surface area contributed by atoms with Gasteiger partial charge in [0.05, 0.1) is 13.2 Å². The fourth-order valence-corrected chi connectivity index (χ4v) is 2.49. The van der Waals surface area contributed by atoms with Crippen LogP contribution in [0.25, 0.3) is 0 Å². The first kappa shape index (κ1) is 21.2. The first-order valence-electron chi connectivity index (χ1n) is 9.07. The molecular formula is C20H30O5. The van der Waals surface area contributed by atoms with Crippen molar-refractivity contribution in [2.75, 3.05) is 13.7 Å². The van der Waals surface area contributed by atoms with Gasteiger partial charge in [0.1, 0.15) is 5.75 Å². The average molecular weight is 350 g/mol. The summed E-state index contributed by atoms with van der Waals surface area (Å²) in [6.45, 7) is 1.89. The summed E-state index contributed by atoms with van der Waals surface area (Å²) in [6, 6.07) is 6.65. The number of ether oxygens (including phenoxy) is 2. The van der Waals surface area contributed by atoms with Crippen LogP contribution in [0.4, 0.5) is 0 Å². The Hall–Kier alpha value is -1.88. The summed E-state index contributed by atoms with van der Waals surface area (Å²) in [5.41, 5.74) is 0.473. The standard InChI is InChI=1S/C20H30O5/c1-3-4-5-6-7-8-17(21)11-14-20(23)25-15-19(22)16-9-12-18(24-2)13-10-16/h9-10,12-13,17,21H,3-8,11,14-15H2,1-2H3. The number of aliphatic hydroxyl groups excluding tert-OH is 1. The molecule has 0 aliphatic carbocycles. The SMILES string of the molecule is CCCCCCCC(O)CCC(=O)OCC(=O)c1ccc(OC)cc1. The summed E-state index contributed by atoms with van der Waals surface area (Å²) in [5.74, 6) is -0.0448. The van der Waals surface area contributed by atoms with Crippen LogP contribution in [0.3, 0.4) is 0 Å². The lowest BCUT2D eigenvalue weighted by atomic mass is 10.1. The number of ketones is 1. The molecule has 5 nitrogen and oxygen atoms in total. The third-order valence-electron chi connectivity index (χ3n) is 4.10. The van der Waals surface area contributed by atoms with E-state index in [0.29, 0.717) is 24.2 Å². The first-order valence-corrected chi connectivity index (χ1v) is 9.07. The van der Waals surface area contributed by atoms with Crippen LogP contribution in [0.1, 0.15) is 68.6 Å². The van der Waals surface area contributed by atoms with Crippen LogP contribution in [0.2, 0.25) is 0 Å². The van der Waals surface area contributed by atoms with E-state index in [9.17, 15) is 14.7 Å². The highest BCUT2D eigenvalue weighted by atomic mass is 16.5. The summed E-state index contributed by atoms with van der Waals surface area (Å²) < 4.78 is 10.0. The lowest BCUT2D eigenvalue weighted by Gasteiger charge is -2.10. The van der Waals surface area contributed by atoms with Crippen LogP contribution in [0.5, 0.6) is 5.75 Å². The lowest BCUT2D eigenvalue weighted by Crippen LogP contribution is -2.16. The highest BCUT2D eigenvalue weighted by Crippen LogP contribution is 2.13. The van der Waals surface area contributed by atoms with Gasteiger partial charge in [-0.2, -0.15) is 0 Å². The van der Waals surface area contributed by atoms with Crippen molar-refractivity contribution in [2.45, 2.75) is 64.4 Å². The van der Waals surface area contributed by atoms with Crippen LogP contribution >= 0.6 is 0 Å². The van der Waals surface area contributed by atoms with Gasteiger partial charge in [-0.15, -0.1) is 0 Å². The van der Waals surface area contributed by atoms with Crippen molar-refractivity contribution in [1.29, 1.82) is 0 Å². The lowest BCUT2D eigenvalue weighted by molar-refractivity contribution is -0.143. The maximum absolute atomic E-state index is 11.9. The molecule has 0 radical (unpaired) electrons. The smallest absolute Gasteiger partial charge is 0.306 e. The Morgan fingerprint density at radius 2 is 1.72 bits per heavy atom. The highest BCUT2D eigenvalue weighted by Gasteiger charge is 2.12. The summed E-state index contributed by atoms with van der Waals surface area (Å²) in [4.78, 5) is 23.6. The van der Waals surface area contributed by atoms with E-state index in [4.69, 9.17) is 9.47 Å². The molecule has 1 atom stereocenters. The molecule has 0 saturated carbocycles. The quantitative estimate of drug-likeness (QED) is 0.332. The minimum Gasteiger partial charge on any atom is -0.497 e. The fraction of sp³-hybridized carbons (Fsp3) is 0.600. The topological polar surface area (TPSA) is 72.8 Å². The summed E-state index contributed by atoms with van der Waals surface area (Å²) >= 11 is 0. The van der Waals surface area contributed by atoms with Crippen LogP contribution < -0.4 is 4.74 Å². The van der Waals surface area contributed by atoms with Crippen molar-refractivity contribution in [2.24, 2.45) is 0 Å². The van der Waals surface area contributed by atoms with Gasteiger partial charge in [-0.3, -0.25) is 9.59 Å². The van der Waals surface area contributed by atoms with Gasteiger partial charge in [0.2, 0.25) is 0 Å². The second kappa shape index (κ2) is 12.5. The molecule has 0 amide bonds. The van der Waals surface area contributed by atoms with Crippen molar-refractivity contribution in [3.05, 3.63) is 29.8 Å². The Morgan fingerprint density at radius 3 is 2.36 bits per heavy atom. The Morgan fingerprint density at radius 1 is 1.04 bits per heavy atom. The van der Waals surface area contributed by atoms with E-state index in [1.165, 1.54) is 19.3 Å². The zero-order chi connectivity index (χ0) is 18.5. The van der Waals surface area contributed by atoms with Crippen molar-refractivity contribution in [1.82, 2.24) is 0 Å². The van der Waals surface area contributed by atoms with Crippen molar-refractivity contribution < 1.29 is 24.2 Å². The number of aliphatic hydroxyl groups is 1. The number of rotatable bonds is 13. The minimum absolute atomic E-state index is 0.131. The van der Waals surface area contributed by atoms with Gasteiger partial charge < -0.3 is 14.6 Å². The highest BCUT2D eigenvalue weighted by molar-refractivity contribution is 5.98. The Balaban J connectivity index is 2.17. The molecule has 0 aliphatic rings. The molecule has 140 valence electrons. The molecule has 1 aromatic carbocycles. The summed E-state index contributed by atoms with van der Waals surface area (Å²) in [7, 11) is 1.55. The number of hydrogen-bond acceptors (Lipinski definition) is 5. The van der Waals surface area contributed by atoms with Crippen molar-refractivity contribution in [3.63, 3.8) is 0 Å². The molecule has 0 aliphatic heterocycles. The fourth-order valence-electron chi connectivity index (χ4n) is 2.49. The van der Waals surface area contributed by atoms with Crippen LogP contribution in [-0.4, -0.2) is 36.7 Å². The molecule has 0 heterocycles. The normalized spacial score (nSPS) is 11.8. The van der Waals surface area contributed by atoms with Crippen molar-refractivity contribution >= 4 is 11.8 Å². The van der Waals surface area contributed by atoms with Crippen molar-refractivity contribution in [3.8, 4) is 5.75 Å². The number of esters is 1. The molecule has 25 heavy (non-hydrogen) atoms. The zero-order valence-electron chi connectivity index (χ0n) is 15.3. The van der Waals surface area contributed by atoms with E-state index in [1.807, 2.05) is 0 Å². The summed E-state index contributed by atoms with van der Waals surface area (Å²) in [6.07, 6.45) is 6.45.